The van der Waals surface area contributed by atoms with Crippen molar-refractivity contribution in [2.45, 2.75) is 32.4 Å². The van der Waals surface area contributed by atoms with E-state index in [4.69, 9.17) is 9.47 Å². The van der Waals surface area contributed by atoms with Crippen LogP contribution in [0.1, 0.15) is 36.8 Å². The van der Waals surface area contributed by atoms with E-state index in [0.29, 0.717) is 19.6 Å². The zero-order chi connectivity index (χ0) is 23.1. The maximum atomic E-state index is 13.4. The summed E-state index contributed by atoms with van der Waals surface area (Å²) in [5, 5.41) is 11.0. The van der Waals surface area contributed by atoms with Gasteiger partial charge in [-0.2, -0.15) is 5.10 Å². The Morgan fingerprint density at radius 2 is 2.00 bits per heavy atom. The van der Waals surface area contributed by atoms with Gasteiger partial charge < -0.3 is 19.7 Å². The van der Waals surface area contributed by atoms with Crippen molar-refractivity contribution in [1.29, 1.82) is 0 Å². The highest BCUT2D eigenvalue weighted by Crippen LogP contribution is 2.34. The minimum Gasteiger partial charge on any atom is -0.497 e. The van der Waals surface area contributed by atoms with Gasteiger partial charge in [-0.25, -0.2) is 9.80 Å². The number of carbonyl (C=O) groups excluding carboxylic acids is 2. The van der Waals surface area contributed by atoms with Gasteiger partial charge in [-0.15, -0.1) is 11.3 Å². The number of methoxy groups -OCH3 is 2. The van der Waals surface area contributed by atoms with Crippen molar-refractivity contribution in [2.75, 3.05) is 33.9 Å². The van der Waals surface area contributed by atoms with E-state index in [0.717, 1.165) is 21.9 Å². The Kier molecular flexibility index (Phi) is 8.24. The SMILES string of the molecule is COCCN(CC(=O)N1N=C(c2cccs2)C[C@H]1c1ccc(OC)cc1)C(=O)NC(C)C. The summed E-state index contributed by atoms with van der Waals surface area (Å²) in [7, 11) is 3.19. The normalized spacial score (nSPS) is 15.6. The summed E-state index contributed by atoms with van der Waals surface area (Å²) in [6.07, 6.45) is 0.606. The summed E-state index contributed by atoms with van der Waals surface area (Å²) in [6.45, 7) is 4.32. The van der Waals surface area contributed by atoms with Crippen molar-refractivity contribution in [2.24, 2.45) is 5.10 Å². The molecule has 0 saturated heterocycles. The van der Waals surface area contributed by atoms with E-state index in [1.807, 2.05) is 55.6 Å². The Balaban J connectivity index is 1.84. The molecule has 32 heavy (non-hydrogen) atoms. The number of hydrazone groups is 1. The number of ether oxygens (including phenoxy) is 2. The van der Waals surface area contributed by atoms with Crippen molar-refractivity contribution < 1.29 is 19.1 Å². The van der Waals surface area contributed by atoms with E-state index in [9.17, 15) is 9.59 Å². The molecule has 3 amide bonds. The predicted octanol–water partition coefficient (Wildman–Crippen LogP) is 3.50. The molecule has 8 nitrogen and oxygen atoms in total. The smallest absolute Gasteiger partial charge is 0.318 e. The summed E-state index contributed by atoms with van der Waals surface area (Å²) in [5.74, 6) is 0.507. The highest BCUT2D eigenvalue weighted by molar-refractivity contribution is 7.12. The van der Waals surface area contributed by atoms with E-state index in [1.54, 1.807) is 25.6 Å². The minimum absolute atomic E-state index is 0.0371. The molecule has 1 N–H and O–H groups in total. The molecular formula is C23H30N4O4S. The first-order chi connectivity index (χ1) is 15.4. The number of nitrogens with zero attached hydrogens (tertiary/aromatic N) is 3. The fourth-order valence-corrected chi connectivity index (χ4v) is 4.17. The van der Waals surface area contributed by atoms with Gasteiger partial charge in [-0.05, 0) is 43.0 Å². The molecule has 1 aliphatic rings. The van der Waals surface area contributed by atoms with E-state index in [1.165, 1.54) is 9.91 Å². The van der Waals surface area contributed by atoms with Crippen LogP contribution in [0.15, 0.2) is 46.9 Å². The van der Waals surface area contributed by atoms with Crippen LogP contribution in [0.5, 0.6) is 5.75 Å². The van der Waals surface area contributed by atoms with Crippen LogP contribution in [0.2, 0.25) is 0 Å². The topological polar surface area (TPSA) is 83.5 Å². The predicted molar refractivity (Wildman–Crippen MR) is 125 cm³/mol. The molecule has 9 heteroatoms. The Bertz CT molecular complexity index is 928. The second-order valence-corrected chi connectivity index (χ2v) is 8.72. The molecule has 1 aliphatic heterocycles. The Labute approximate surface area is 192 Å². The van der Waals surface area contributed by atoms with Gasteiger partial charge in [0.2, 0.25) is 0 Å². The third kappa shape index (κ3) is 5.86. The molecule has 0 fully saturated rings. The lowest BCUT2D eigenvalue weighted by Crippen LogP contribution is -2.48. The molecule has 1 atom stereocenters. The monoisotopic (exact) mass is 458 g/mol. The number of hydrogen-bond acceptors (Lipinski definition) is 6. The van der Waals surface area contributed by atoms with Gasteiger partial charge in [0, 0.05) is 26.1 Å². The number of rotatable bonds is 9. The third-order valence-electron chi connectivity index (χ3n) is 5.06. The molecule has 2 aromatic rings. The van der Waals surface area contributed by atoms with Crippen molar-refractivity contribution >= 4 is 29.0 Å². The number of urea groups is 1. The maximum absolute atomic E-state index is 13.4. The third-order valence-corrected chi connectivity index (χ3v) is 5.98. The average Bonchev–Trinajstić information content (AvgIpc) is 3.46. The number of amides is 3. The highest BCUT2D eigenvalue weighted by Gasteiger charge is 2.34. The summed E-state index contributed by atoms with van der Waals surface area (Å²) < 4.78 is 10.4. The maximum Gasteiger partial charge on any atom is 0.318 e. The van der Waals surface area contributed by atoms with Crippen LogP contribution in [0.3, 0.4) is 0 Å². The lowest BCUT2D eigenvalue weighted by Gasteiger charge is -2.27. The van der Waals surface area contributed by atoms with Crippen molar-refractivity contribution in [3.8, 4) is 5.75 Å². The summed E-state index contributed by atoms with van der Waals surface area (Å²) in [4.78, 5) is 28.5. The summed E-state index contributed by atoms with van der Waals surface area (Å²) in [6, 6.07) is 11.0. The zero-order valence-corrected chi connectivity index (χ0v) is 19.7. The molecule has 2 heterocycles. The molecule has 0 radical (unpaired) electrons. The van der Waals surface area contributed by atoms with Crippen LogP contribution in [-0.4, -0.2) is 67.5 Å². The van der Waals surface area contributed by atoms with Gasteiger partial charge in [0.25, 0.3) is 5.91 Å². The van der Waals surface area contributed by atoms with Gasteiger partial charge in [-0.3, -0.25) is 4.79 Å². The first-order valence-corrected chi connectivity index (χ1v) is 11.4. The average molecular weight is 459 g/mol. The lowest BCUT2D eigenvalue weighted by molar-refractivity contribution is -0.133. The van der Waals surface area contributed by atoms with Crippen LogP contribution >= 0.6 is 11.3 Å². The van der Waals surface area contributed by atoms with E-state index < -0.39 is 0 Å². The molecule has 172 valence electrons. The molecule has 3 rings (SSSR count). The largest absolute Gasteiger partial charge is 0.497 e. The van der Waals surface area contributed by atoms with Gasteiger partial charge in [0.1, 0.15) is 12.3 Å². The minimum atomic E-state index is -0.298. The second kappa shape index (κ2) is 11.1. The van der Waals surface area contributed by atoms with Crippen LogP contribution in [0.4, 0.5) is 4.79 Å². The lowest BCUT2D eigenvalue weighted by atomic mass is 10.0. The molecule has 1 aromatic carbocycles. The van der Waals surface area contributed by atoms with Crippen molar-refractivity contribution in [3.63, 3.8) is 0 Å². The molecule has 0 unspecified atom stereocenters. The van der Waals surface area contributed by atoms with E-state index in [2.05, 4.69) is 10.4 Å². The molecule has 1 aromatic heterocycles. The standard InChI is InChI=1S/C23H30N4O4S/c1-16(2)24-23(29)26(11-12-30-3)15-22(28)27-20(17-7-9-18(31-4)10-8-17)14-19(25-27)21-6-5-13-32-21/h5-10,13,16,20H,11-12,14-15H2,1-4H3,(H,24,29)/t20-/m0/s1. The summed E-state index contributed by atoms with van der Waals surface area (Å²) >= 11 is 1.59. The number of benzene rings is 1. The number of carbonyl (C=O) groups is 2. The highest BCUT2D eigenvalue weighted by atomic mass is 32.1. The van der Waals surface area contributed by atoms with Gasteiger partial charge in [0.05, 0.1) is 30.3 Å². The molecular weight excluding hydrogens is 428 g/mol. The van der Waals surface area contributed by atoms with Gasteiger partial charge >= 0.3 is 6.03 Å². The molecule has 0 aliphatic carbocycles. The first kappa shape index (κ1) is 23.7. The fraction of sp³-hybridized carbons (Fsp3) is 0.435. The molecule has 0 bridgehead atoms. The van der Waals surface area contributed by atoms with Crippen LogP contribution < -0.4 is 10.1 Å². The van der Waals surface area contributed by atoms with Crippen LogP contribution in [-0.2, 0) is 9.53 Å². The fourth-order valence-electron chi connectivity index (χ4n) is 3.45. The quantitative estimate of drug-likeness (QED) is 0.623. The molecule has 0 spiro atoms. The first-order valence-electron chi connectivity index (χ1n) is 10.5. The number of hydrogen-bond donors (Lipinski definition) is 1. The number of thiophene rings is 1. The zero-order valence-electron chi connectivity index (χ0n) is 18.9. The Morgan fingerprint density at radius 3 is 2.59 bits per heavy atom. The van der Waals surface area contributed by atoms with Crippen LogP contribution in [0.25, 0.3) is 0 Å². The van der Waals surface area contributed by atoms with Gasteiger partial charge in [-0.1, -0.05) is 18.2 Å². The van der Waals surface area contributed by atoms with Crippen LogP contribution in [0, 0.1) is 0 Å². The second-order valence-electron chi connectivity index (χ2n) is 7.77. The van der Waals surface area contributed by atoms with Crippen molar-refractivity contribution in [3.05, 3.63) is 52.2 Å². The van der Waals surface area contributed by atoms with Gasteiger partial charge in [0.15, 0.2) is 0 Å². The van der Waals surface area contributed by atoms with E-state index >= 15 is 0 Å². The molecule has 0 saturated carbocycles. The van der Waals surface area contributed by atoms with Crippen molar-refractivity contribution in [1.82, 2.24) is 15.2 Å². The Hall–Kier alpha value is -2.91. The Morgan fingerprint density at radius 1 is 1.25 bits per heavy atom. The summed E-state index contributed by atoms with van der Waals surface area (Å²) in [5.41, 5.74) is 1.83. The number of nitrogens with one attached hydrogen (secondary N) is 1. The van der Waals surface area contributed by atoms with E-state index in [-0.39, 0.29) is 30.6 Å².